The van der Waals surface area contributed by atoms with E-state index in [1.54, 1.807) is 18.6 Å². The van der Waals surface area contributed by atoms with Gasteiger partial charge in [0, 0.05) is 36.8 Å². The molecule has 0 amide bonds. The minimum absolute atomic E-state index is 0.0149. The number of pyridine rings is 1. The first-order valence-corrected chi connectivity index (χ1v) is 9.10. The molecule has 2 aliphatic heterocycles. The third-order valence-electron chi connectivity index (χ3n) is 5.06. The highest BCUT2D eigenvalue weighted by Gasteiger charge is 2.44. The van der Waals surface area contributed by atoms with Crippen LogP contribution in [-0.4, -0.2) is 39.2 Å². The predicted molar refractivity (Wildman–Crippen MR) is 99.1 cm³/mol. The van der Waals surface area contributed by atoms with Gasteiger partial charge in [-0.1, -0.05) is 23.2 Å². The third-order valence-corrected chi connectivity index (χ3v) is 5.85. The Hall–Kier alpha value is -2.31. The number of carbonyl (C=O) groups is 1. The summed E-state index contributed by atoms with van der Waals surface area (Å²) in [5.74, 6) is 0.609. The summed E-state index contributed by atoms with van der Waals surface area (Å²) in [4.78, 5) is 22.7. The van der Waals surface area contributed by atoms with E-state index in [0.29, 0.717) is 22.0 Å². The lowest BCUT2D eigenvalue weighted by Crippen LogP contribution is -2.32. The summed E-state index contributed by atoms with van der Waals surface area (Å²) in [7, 11) is 0. The van der Waals surface area contributed by atoms with Crippen molar-refractivity contribution in [1.82, 2.24) is 14.5 Å². The summed E-state index contributed by atoms with van der Waals surface area (Å²) in [6, 6.07) is 5.69. The first-order chi connectivity index (χ1) is 12.6. The Labute approximate surface area is 159 Å². The Morgan fingerprint density at radius 2 is 2.15 bits per heavy atom. The maximum atomic E-state index is 11.7. The van der Waals surface area contributed by atoms with Gasteiger partial charge in [-0.15, -0.1) is 0 Å². The van der Waals surface area contributed by atoms with Crippen LogP contribution in [0.3, 0.4) is 0 Å². The molecule has 6 nitrogen and oxygen atoms in total. The van der Waals surface area contributed by atoms with Crippen LogP contribution in [0.2, 0.25) is 10.0 Å². The van der Waals surface area contributed by atoms with E-state index in [9.17, 15) is 4.79 Å². The Bertz CT molecular complexity index is 1020. The van der Waals surface area contributed by atoms with Crippen molar-refractivity contribution < 1.29 is 9.53 Å². The van der Waals surface area contributed by atoms with Crippen LogP contribution in [0, 0.1) is 0 Å². The van der Waals surface area contributed by atoms with Crippen molar-refractivity contribution in [3.05, 3.63) is 47.0 Å². The highest BCUT2D eigenvalue weighted by molar-refractivity contribution is 6.45. The van der Waals surface area contributed by atoms with E-state index in [1.807, 2.05) is 22.9 Å². The average molecular weight is 389 g/mol. The van der Waals surface area contributed by atoms with E-state index >= 15 is 0 Å². The minimum atomic E-state index is -0.151. The summed E-state index contributed by atoms with van der Waals surface area (Å²) < 4.78 is 7.32. The number of rotatable bonds is 2. The molecule has 5 rings (SSSR count). The maximum Gasteiger partial charge on any atom is 0.308 e. The van der Waals surface area contributed by atoms with E-state index in [0.717, 1.165) is 29.9 Å². The number of nitrogens with zero attached hydrogens (tertiary/aromatic N) is 4. The zero-order valence-corrected chi connectivity index (χ0v) is 15.1. The van der Waals surface area contributed by atoms with Crippen LogP contribution in [0.25, 0.3) is 16.6 Å². The Morgan fingerprint density at radius 3 is 2.96 bits per heavy atom. The summed E-state index contributed by atoms with van der Waals surface area (Å²) in [6.45, 7) is 0.780. The standard InChI is InChI=1S/C18H14Cl2N4O2/c19-11-2-1-10-12(23-6-4-21-9-23)7-15(22-18(10)17(11)20)24-5-3-14-13(24)8-16(25)26-14/h1-2,4,6-7,9,13-14H,3,5,8H2/t13-,14-/m1/s1. The summed E-state index contributed by atoms with van der Waals surface area (Å²) in [5.41, 5.74) is 1.55. The molecule has 2 fully saturated rings. The van der Waals surface area contributed by atoms with E-state index in [4.69, 9.17) is 32.9 Å². The normalized spacial score (nSPS) is 22.1. The molecule has 0 unspecified atom stereocenters. The fourth-order valence-corrected chi connectivity index (χ4v) is 4.20. The number of ether oxygens (including phenoxy) is 1. The molecule has 4 heterocycles. The fourth-order valence-electron chi connectivity index (χ4n) is 3.84. The first kappa shape index (κ1) is 15.9. The smallest absolute Gasteiger partial charge is 0.308 e. The number of hydrogen-bond donors (Lipinski definition) is 0. The lowest BCUT2D eigenvalue weighted by atomic mass is 10.1. The Morgan fingerprint density at radius 1 is 1.27 bits per heavy atom. The fraction of sp³-hybridized carbons (Fsp3) is 0.278. The molecular formula is C18H14Cl2N4O2. The summed E-state index contributed by atoms with van der Waals surface area (Å²) in [6.07, 6.45) is 6.45. The SMILES string of the molecule is O=C1C[C@@H]2[C@@H](CCN2c2cc(-n3ccnc3)c3ccc(Cl)c(Cl)c3n2)O1. The topological polar surface area (TPSA) is 60.2 Å². The molecular weight excluding hydrogens is 375 g/mol. The number of esters is 1. The zero-order valence-electron chi connectivity index (χ0n) is 13.6. The van der Waals surface area contributed by atoms with Gasteiger partial charge in [-0.2, -0.15) is 0 Å². The van der Waals surface area contributed by atoms with Crippen molar-refractivity contribution in [3.63, 3.8) is 0 Å². The van der Waals surface area contributed by atoms with Crippen LogP contribution in [0.15, 0.2) is 36.9 Å². The van der Waals surface area contributed by atoms with Gasteiger partial charge in [0.2, 0.25) is 0 Å². The van der Waals surface area contributed by atoms with Gasteiger partial charge >= 0.3 is 5.97 Å². The molecule has 0 spiro atoms. The number of fused-ring (bicyclic) bond motifs is 2. The van der Waals surface area contributed by atoms with Gasteiger partial charge in [-0.25, -0.2) is 9.97 Å². The number of benzene rings is 1. The van der Waals surface area contributed by atoms with E-state index in [1.165, 1.54) is 0 Å². The van der Waals surface area contributed by atoms with E-state index in [2.05, 4.69) is 9.88 Å². The Balaban J connectivity index is 1.71. The van der Waals surface area contributed by atoms with Crippen molar-refractivity contribution in [2.24, 2.45) is 0 Å². The minimum Gasteiger partial charge on any atom is -0.460 e. The van der Waals surface area contributed by atoms with Gasteiger partial charge < -0.3 is 14.2 Å². The second-order valence-electron chi connectivity index (χ2n) is 6.51. The monoisotopic (exact) mass is 388 g/mol. The molecule has 0 radical (unpaired) electrons. The van der Waals surface area contributed by atoms with Crippen LogP contribution in [-0.2, 0) is 9.53 Å². The first-order valence-electron chi connectivity index (χ1n) is 8.35. The molecule has 132 valence electrons. The third kappa shape index (κ3) is 2.36. The number of aromatic nitrogens is 3. The number of hydrogen-bond acceptors (Lipinski definition) is 5. The maximum absolute atomic E-state index is 11.7. The average Bonchev–Trinajstić information content (AvgIpc) is 3.34. The van der Waals surface area contributed by atoms with Crippen molar-refractivity contribution in [3.8, 4) is 5.69 Å². The quantitative estimate of drug-likeness (QED) is 0.627. The second-order valence-corrected chi connectivity index (χ2v) is 7.29. The lowest BCUT2D eigenvalue weighted by Gasteiger charge is -2.24. The lowest BCUT2D eigenvalue weighted by molar-refractivity contribution is -0.141. The number of anilines is 1. The van der Waals surface area contributed by atoms with Crippen molar-refractivity contribution >= 4 is 45.9 Å². The van der Waals surface area contributed by atoms with E-state index in [-0.39, 0.29) is 18.1 Å². The number of imidazole rings is 1. The van der Waals surface area contributed by atoms with Crippen molar-refractivity contribution in [1.29, 1.82) is 0 Å². The van der Waals surface area contributed by atoms with Crippen molar-refractivity contribution in [2.45, 2.75) is 25.0 Å². The molecule has 0 bridgehead atoms. The van der Waals surface area contributed by atoms with Crippen LogP contribution < -0.4 is 4.90 Å². The molecule has 2 saturated heterocycles. The van der Waals surface area contributed by atoms with Gasteiger partial charge in [0.25, 0.3) is 0 Å². The van der Waals surface area contributed by atoms with Gasteiger partial charge in [0.1, 0.15) is 11.9 Å². The van der Waals surface area contributed by atoms with Crippen LogP contribution >= 0.6 is 23.2 Å². The van der Waals surface area contributed by atoms with Gasteiger partial charge in [-0.3, -0.25) is 4.79 Å². The Kier molecular flexibility index (Phi) is 3.58. The molecule has 26 heavy (non-hydrogen) atoms. The van der Waals surface area contributed by atoms with Crippen molar-refractivity contribution in [2.75, 3.05) is 11.4 Å². The molecule has 2 atom stereocenters. The number of halogens is 2. The predicted octanol–water partition coefficient (Wildman–Crippen LogP) is 3.62. The molecule has 0 N–H and O–H groups in total. The highest BCUT2D eigenvalue weighted by Crippen LogP contribution is 2.38. The number of carbonyl (C=O) groups excluding carboxylic acids is 1. The molecule has 2 aromatic heterocycles. The highest BCUT2D eigenvalue weighted by atomic mass is 35.5. The van der Waals surface area contributed by atoms with Crippen LogP contribution in [0.4, 0.5) is 5.82 Å². The zero-order chi connectivity index (χ0) is 17.8. The molecule has 0 aliphatic carbocycles. The van der Waals surface area contributed by atoms with Gasteiger partial charge in [0.15, 0.2) is 0 Å². The molecule has 8 heteroatoms. The molecule has 1 aromatic carbocycles. The summed E-state index contributed by atoms with van der Waals surface area (Å²) >= 11 is 12.7. The molecule has 2 aliphatic rings. The van der Waals surface area contributed by atoms with Gasteiger partial charge in [0.05, 0.1) is 40.0 Å². The molecule has 0 saturated carbocycles. The van der Waals surface area contributed by atoms with Crippen LogP contribution in [0.1, 0.15) is 12.8 Å². The second kappa shape index (κ2) is 5.86. The molecule has 3 aromatic rings. The van der Waals surface area contributed by atoms with Crippen LogP contribution in [0.5, 0.6) is 0 Å². The summed E-state index contributed by atoms with van der Waals surface area (Å²) in [5, 5.41) is 1.76. The van der Waals surface area contributed by atoms with E-state index < -0.39 is 0 Å². The van der Waals surface area contributed by atoms with Gasteiger partial charge in [-0.05, 0) is 12.1 Å². The largest absolute Gasteiger partial charge is 0.460 e.